The zero-order valence-electron chi connectivity index (χ0n) is 18.3. The van der Waals surface area contributed by atoms with Gasteiger partial charge in [0.15, 0.2) is 11.5 Å². The number of halogens is 2. The Labute approximate surface area is 212 Å². The van der Waals surface area contributed by atoms with Crippen LogP contribution in [0, 0.1) is 18.3 Å². The molecule has 0 N–H and O–H groups in total. The van der Waals surface area contributed by atoms with E-state index in [0.717, 1.165) is 10.0 Å². The van der Waals surface area contributed by atoms with E-state index in [1.54, 1.807) is 44.5 Å². The van der Waals surface area contributed by atoms with Crippen LogP contribution < -0.4 is 15.0 Å². The minimum Gasteiger partial charge on any atom is -0.493 e. The summed E-state index contributed by atoms with van der Waals surface area (Å²) in [5.74, 6) is 1.45. The van der Waals surface area contributed by atoms with Gasteiger partial charge in [-0.25, -0.2) is 4.98 Å². The number of benzene rings is 3. The Balaban J connectivity index is 1.65. The van der Waals surface area contributed by atoms with Crippen LogP contribution in [0.25, 0.3) is 10.9 Å². The normalized spacial score (nSPS) is 11.0. The average molecular weight is 582 g/mol. The van der Waals surface area contributed by atoms with Gasteiger partial charge in [-0.3, -0.25) is 4.79 Å². The minimum absolute atomic E-state index is 0.207. The van der Waals surface area contributed by atoms with E-state index < -0.39 is 0 Å². The molecule has 0 aliphatic rings. The second kappa shape index (κ2) is 10.2. The molecule has 1 aromatic heterocycles. The van der Waals surface area contributed by atoms with Crippen LogP contribution in [0.1, 0.15) is 22.5 Å². The van der Waals surface area contributed by atoms with Crippen LogP contribution in [0.3, 0.4) is 0 Å². The summed E-state index contributed by atoms with van der Waals surface area (Å²) < 4.78 is 14.2. The number of methoxy groups -OCH3 is 1. The molecule has 34 heavy (non-hydrogen) atoms. The summed E-state index contributed by atoms with van der Waals surface area (Å²) in [4.78, 5) is 17.4. The number of fused-ring (bicyclic) bond motifs is 1. The summed E-state index contributed by atoms with van der Waals surface area (Å²) in [5.41, 5.74) is 2.37. The maximum atomic E-state index is 13.0. The van der Waals surface area contributed by atoms with E-state index in [4.69, 9.17) is 9.47 Å². The maximum Gasteiger partial charge on any atom is 0.282 e. The quantitative estimate of drug-likeness (QED) is 0.278. The van der Waals surface area contributed by atoms with Gasteiger partial charge in [0.05, 0.1) is 40.3 Å². The Kier molecular flexibility index (Phi) is 7.10. The Morgan fingerprint density at radius 1 is 1.18 bits per heavy atom. The van der Waals surface area contributed by atoms with Gasteiger partial charge in [0.2, 0.25) is 0 Å². The van der Waals surface area contributed by atoms with Crippen molar-refractivity contribution < 1.29 is 9.47 Å². The van der Waals surface area contributed by atoms with Gasteiger partial charge in [-0.1, -0.05) is 34.1 Å². The third kappa shape index (κ3) is 4.88. The molecule has 1 heterocycles. The van der Waals surface area contributed by atoms with Crippen LogP contribution in [0.15, 0.2) is 73.4 Å². The van der Waals surface area contributed by atoms with Gasteiger partial charge in [0.1, 0.15) is 12.4 Å². The van der Waals surface area contributed by atoms with Crippen LogP contribution in [-0.4, -0.2) is 23.0 Å². The first kappa shape index (κ1) is 23.7. The van der Waals surface area contributed by atoms with Crippen molar-refractivity contribution in [3.8, 4) is 17.6 Å². The van der Waals surface area contributed by atoms with E-state index in [1.807, 2.05) is 30.3 Å². The number of nitrogens with zero attached hydrogens (tertiary/aromatic N) is 4. The van der Waals surface area contributed by atoms with Gasteiger partial charge in [-0.05, 0) is 64.8 Å². The highest BCUT2D eigenvalue weighted by Gasteiger charge is 2.13. The molecule has 0 spiro atoms. The highest BCUT2D eigenvalue weighted by atomic mass is 79.9. The van der Waals surface area contributed by atoms with E-state index in [-0.39, 0.29) is 12.2 Å². The SMILES string of the molecule is COc1cc(C=Nn2c(C)nc3ccc(Br)cc3c2=O)cc(Br)c1OCc1ccccc1C#N. The topological polar surface area (TPSA) is 89.5 Å². The Morgan fingerprint density at radius 3 is 2.74 bits per heavy atom. The smallest absolute Gasteiger partial charge is 0.282 e. The minimum atomic E-state index is -0.262. The lowest BCUT2D eigenvalue weighted by Crippen LogP contribution is -2.20. The van der Waals surface area contributed by atoms with Crippen molar-refractivity contribution in [2.45, 2.75) is 13.5 Å². The fraction of sp³-hybridized carbons (Fsp3) is 0.120. The average Bonchev–Trinajstić information content (AvgIpc) is 2.83. The second-order valence-corrected chi connectivity index (χ2v) is 9.04. The molecule has 9 heteroatoms. The molecule has 4 aromatic rings. The zero-order chi connectivity index (χ0) is 24.2. The lowest BCUT2D eigenvalue weighted by molar-refractivity contribution is 0.282. The molecule has 0 aliphatic heterocycles. The Bertz CT molecular complexity index is 1520. The largest absolute Gasteiger partial charge is 0.493 e. The molecule has 0 unspecified atom stereocenters. The molecule has 0 bridgehead atoms. The number of ether oxygens (including phenoxy) is 2. The van der Waals surface area contributed by atoms with Crippen LogP contribution in [0.5, 0.6) is 11.5 Å². The molecule has 0 saturated carbocycles. The predicted molar refractivity (Wildman–Crippen MR) is 138 cm³/mol. The molecular weight excluding hydrogens is 564 g/mol. The summed E-state index contributed by atoms with van der Waals surface area (Å²) in [6.45, 7) is 1.94. The highest BCUT2D eigenvalue weighted by molar-refractivity contribution is 9.10. The van der Waals surface area contributed by atoms with Crippen molar-refractivity contribution in [2.24, 2.45) is 5.10 Å². The molecule has 7 nitrogen and oxygen atoms in total. The van der Waals surface area contributed by atoms with Crippen LogP contribution >= 0.6 is 31.9 Å². The van der Waals surface area contributed by atoms with Crippen LogP contribution in [-0.2, 0) is 6.61 Å². The van der Waals surface area contributed by atoms with Gasteiger partial charge < -0.3 is 9.47 Å². The standard InChI is InChI=1S/C25H18Br2N4O3/c1-15-30-22-8-7-19(26)11-20(22)25(32)31(15)29-13-16-9-21(27)24(23(10-16)33-2)34-14-18-6-4-3-5-17(18)12-28/h3-11,13H,14H2,1-2H3. The van der Waals surface area contributed by atoms with Gasteiger partial charge in [-0.2, -0.15) is 15.0 Å². The molecular formula is C25H18Br2N4O3. The molecule has 3 aromatic carbocycles. The van der Waals surface area contributed by atoms with Gasteiger partial charge in [0.25, 0.3) is 5.56 Å². The molecule has 0 atom stereocenters. The molecule has 170 valence electrons. The number of rotatable bonds is 6. The monoisotopic (exact) mass is 580 g/mol. The van der Waals surface area contributed by atoms with E-state index in [9.17, 15) is 10.1 Å². The summed E-state index contributed by atoms with van der Waals surface area (Å²) in [5, 5.41) is 14.1. The fourth-order valence-corrected chi connectivity index (χ4v) is 4.32. The number of hydrogen-bond donors (Lipinski definition) is 0. The van der Waals surface area contributed by atoms with Crippen molar-refractivity contribution >= 4 is 49.0 Å². The summed E-state index contributed by atoms with van der Waals surface area (Å²) in [6, 6.07) is 18.3. The van der Waals surface area contributed by atoms with Crippen LogP contribution in [0.4, 0.5) is 0 Å². The van der Waals surface area contributed by atoms with Crippen molar-refractivity contribution in [1.29, 1.82) is 5.26 Å². The molecule has 4 rings (SSSR count). The second-order valence-electron chi connectivity index (χ2n) is 7.27. The van der Waals surface area contributed by atoms with Crippen LogP contribution in [0.2, 0.25) is 0 Å². The molecule has 0 radical (unpaired) electrons. The third-order valence-corrected chi connectivity index (χ3v) is 6.14. The van der Waals surface area contributed by atoms with Gasteiger partial charge in [0, 0.05) is 10.0 Å². The molecule has 0 amide bonds. The molecule has 0 saturated heterocycles. The first-order valence-electron chi connectivity index (χ1n) is 10.1. The van der Waals surface area contributed by atoms with E-state index in [1.165, 1.54) is 4.68 Å². The molecule has 0 aliphatic carbocycles. The van der Waals surface area contributed by atoms with Gasteiger partial charge >= 0.3 is 0 Å². The first-order chi connectivity index (χ1) is 16.4. The Morgan fingerprint density at radius 2 is 1.97 bits per heavy atom. The highest BCUT2D eigenvalue weighted by Crippen LogP contribution is 2.37. The lowest BCUT2D eigenvalue weighted by Gasteiger charge is -2.14. The van der Waals surface area contributed by atoms with Crippen molar-refractivity contribution in [3.63, 3.8) is 0 Å². The lowest BCUT2D eigenvalue weighted by atomic mass is 10.1. The number of hydrogen-bond acceptors (Lipinski definition) is 6. The summed E-state index contributed by atoms with van der Waals surface area (Å²) in [6.07, 6.45) is 1.56. The number of aromatic nitrogens is 2. The zero-order valence-corrected chi connectivity index (χ0v) is 21.4. The first-order valence-corrected chi connectivity index (χ1v) is 11.7. The van der Waals surface area contributed by atoms with Crippen molar-refractivity contribution in [3.05, 3.63) is 96.4 Å². The Hall–Kier alpha value is -3.48. The number of aryl methyl sites for hydroxylation is 1. The maximum absolute atomic E-state index is 13.0. The summed E-state index contributed by atoms with van der Waals surface area (Å²) >= 11 is 6.92. The van der Waals surface area contributed by atoms with Gasteiger partial charge in [-0.15, -0.1) is 0 Å². The third-order valence-electron chi connectivity index (χ3n) is 5.05. The van der Waals surface area contributed by atoms with E-state index in [0.29, 0.717) is 43.8 Å². The van der Waals surface area contributed by atoms with Crippen molar-refractivity contribution in [1.82, 2.24) is 9.66 Å². The number of nitriles is 1. The van der Waals surface area contributed by atoms with E-state index >= 15 is 0 Å². The predicted octanol–water partition coefficient (Wildman–Crippen LogP) is 5.57. The fourth-order valence-electron chi connectivity index (χ4n) is 3.38. The summed E-state index contributed by atoms with van der Waals surface area (Å²) in [7, 11) is 1.54. The van der Waals surface area contributed by atoms with Crippen molar-refractivity contribution in [2.75, 3.05) is 7.11 Å². The van der Waals surface area contributed by atoms with E-state index in [2.05, 4.69) is 48.0 Å². The molecule has 0 fully saturated rings.